The molecule has 1 aliphatic heterocycles. The standard InChI is InChI=1S/C19H17F3N4O3S/c1-3-26-15-8-7-13(29-19(20,21)22)10-14(15)16(17(26)27)24-25-18(30)23-11-5-4-6-12(9-11)28-2/h4-10H,3H2,1-2H3,(H2,23,25,30)/b24-16-. The third kappa shape index (κ3) is 4.79. The van der Waals surface area contributed by atoms with Crippen LogP contribution in [-0.2, 0) is 4.79 Å². The zero-order chi connectivity index (χ0) is 21.9. The first-order valence-electron chi connectivity index (χ1n) is 8.72. The van der Waals surface area contributed by atoms with Crippen LogP contribution < -0.4 is 25.1 Å². The molecule has 158 valence electrons. The van der Waals surface area contributed by atoms with Gasteiger partial charge in [0, 0.05) is 23.9 Å². The van der Waals surface area contributed by atoms with Crippen molar-refractivity contribution in [3.63, 3.8) is 0 Å². The van der Waals surface area contributed by atoms with Crippen molar-refractivity contribution < 1.29 is 27.4 Å². The van der Waals surface area contributed by atoms with Crippen molar-refractivity contribution in [2.24, 2.45) is 5.10 Å². The average Bonchev–Trinajstić information content (AvgIpc) is 2.95. The topological polar surface area (TPSA) is 75.2 Å². The number of carbonyl (C=O) groups excluding carboxylic acids is 1. The molecule has 3 rings (SSSR count). The molecule has 0 radical (unpaired) electrons. The molecule has 0 saturated carbocycles. The van der Waals surface area contributed by atoms with E-state index in [9.17, 15) is 18.0 Å². The number of likely N-dealkylation sites (N-methyl/N-ethyl adjacent to an activating group) is 1. The quantitative estimate of drug-likeness (QED) is 0.548. The van der Waals surface area contributed by atoms with Crippen LogP contribution in [0.25, 0.3) is 0 Å². The lowest BCUT2D eigenvalue weighted by atomic mass is 10.1. The Morgan fingerprint density at radius 2 is 1.97 bits per heavy atom. The molecule has 1 heterocycles. The minimum absolute atomic E-state index is 0.0748. The van der Waals surface area contributed by atoms with Crippen molar-refractivity contribution >= 4 is 40.3 Å². The number of methoxy groups -OCH3 is 1. The zero-order valence-electron chi connectivity index (χ0n) is 15.9. The summed E-state index contributed by atoms with van der Waals surface area (Å²) in [6.45, 7) is 2.06. The third-order valence-electron chi connectivity index (χ3n) is 4.11. The minimum atomic E-state index is -4.85. The molecule has 11 heteroatoms. The third-order valence-corrected chi connectivity index (χ3v) is 4.30. The van der Waals surface area contributed by atoms with Crippen molar-refractivity contribution in [2.75, 3.05) is 23.9 Å². The van der Waals surface area contributed by atoms with Gasteiger partial charge in [0.15, 0.2) is 10.8 Å². The Kier molecular flexibility index (Phi) is 6.11. The van der Waals surface area contributed by atoms with Crippen molar-refractivity contribution in [3.8, 4) is 11.5 Å². The molecule has 0 fully saturated rings. The SMILES string of the molecule is CCN1C(=O)/C(=N\NC(=S)Nc2cccc(OC)c2)c2cc(OC(F)(F)F)ccc21. The highest BCUT2D eigenvalue weighted by molar-refractivity contribution is 7.80. The van der Waals surface area contributed by atoms with E-state index in [1.807, 2.05) is 0 Å². The van der Waals surface area contributed by atoms with E-state index >= 15 is 0 Å². The molecule has 0 bridgehead atoms. The van der Waals surface area contributed by atoms with E-state index in [0.29, 0.717) is 23.7 Å². The van der Waals surface area contributed by atoms with Gasteiger partial charge in [-0.05, 0) is 49.5 Å². The van der Waals surface area contributed by atoms with Gasteiger partial charge >= 0.3 is 6.36 Å². The molecule has 2 aromatic rings. The second-order valence-electron chi connectivity index (χ2n) is 6.03. The summed E-state index contributed by atoms with van der Waals surface area (Å²) >= 11 is 5.17. The highest BCUT2D eigenvalue weighted by Crippen LogP contribution is 2.34. The molecule has 2 aromatic carbocycles. The number of nitrogens with zero attached hydrogens (tertiary/aromatic N) is 2. The molecule has 0 atom stereocenters. The van der Waals surface area contributed by atoms with Gasteiger partial charge in [0.05, 0.1) is 12.8 Å². The summed E-state index contributed by atoms with van der Waals surface area (Å²) in [7, 11) is 1.53. The molecule has 0 saturated heterocycles. The van der Waals surface area contributed by atoms with E-state index in [0.717, 1.165) is 12.1 Å². The number of hydrogen-bond donors (Lipinski definition) is 2. The fraction of sp³-hybridized carbons (Fsp3) is 0.211. The summed E-state index contributed by atoms with van der Waals surface area (Å²) in [6.07, 6.45) is -4.85. The van der Waals surface area contributed by atoms with Gasteiger partial charge in [-0.3, -0.25) is 10.2 Å². The van der Waals surface area contributed by atoms with Gasteiger partial charge in [-0.1, -0.05) is 6.07 Å². The Balaban J connectivity index is 1.82. The number of alkyl halides is 3. The first-order valence-corrected chi connectivity index (χ1v) is 9.13. The number of halogens is 3. The van der Waals surface area contributed by atoms with E-state index in [1.54, 1.807) is 31.2 Å². The van der Waals surface area contributed by atoms with E-state index in [4.69, 9.17) is 17.0 Å². The first-order chi connectivity index (χ1) is 14.2. The Hall–Kier alpha value is -3.34. The van der Waals surface area contributed by atoms with E-state index < -0.39 is 18.0 Å². The monoisotopic (exact) mass is 438 g/mol. The molecule has 1 amide bonds. The molecule has 2 N–H and O–H groups in total. The number of fused-ring (bicyclic) bond motifs is 1. The molecule has 7 nitrogen and oxygen atoms in total. The molecule has 0 aliphatic carbocycles. The molecule has 0 unspecified atom stereocenters. The number of thiocarbonyl (C=S) groups is 1. The predicted molar refractivity (Wildman–Crippen MR) is 110 cm³/mol. The van der Waals surface area contributed by atoms with Crippen molar-refractivity contribution in [3.05, 3.63) is 48.0 Å². The number of carbonyl (C=O) groups is 1. The lowest BCUT2D eigenvalue weighted by molar-refractivity contribution is -0.274. The highest BCUT2D eigenvalue weighted by Gasteiger charge is 2.36. The van der Waals surface area contributed by atoms with Crippen LogP contribution in [-0.4, -0.2) is 36.7 Å². The fourth-order valence-corrected chi connectivity index (χ4v) is 3.04. The van der Waals surface area contributed by atoms with Gasteiger partial charge < -0.3 is 19.7 Å². The van der Waals surface area contributed by atoms with Crippen molar-refractivity contribution in [1.82, 2.24) is 5.43 Å². The van der Waals surface area contributed by atoms with Gasteiger partial charge in [0.2, 0.25) is 0 Å². The lowest BCUT2D eigenvalue weighted by Gasteiger charge is -2.14. The van der Waals surface area contributed by atoms with Gasteiger partial charge in [0.25, 0.3) is 5.91 Å². The van der Waals surface area contributed by atoms with Crippen LogP contribution >= 0.6 is 12.2 Å². The summed E-state index contributed by atoms with van der Waals surface area (Å²) in [5.74, 6) is -0.296. The number of nitrogens with one attached hydrogen (secondary N) is 2. The highest BCUT2D eigenvalue weighted by atomic mass is 32.1. The smallest absolute Gasteiger partial charge is 0.497 e. The van der Waals surface area contributed by atoms with Crippen LogP contribution in [0.2, 0.25) is 0 Å². The number of rotatable bonds is 5. The predicted octanol–water partition coefficient (Wildman–Crippen LogP) is 3.65. The summed E-state index contributed by atoms with van der Waals surface area (Å²) in [5.41, 5.74) is 3.75. The van der Waals surface area contributed by atoms with E-state index in [2.05, 4.69) is 20.6 Å². The molecule has 0 aromatic heterocycles. The number of amides is 1. The molecular formula is C19H17F3N4O3S. The van der Waals surface area contributed by atoms with Crippen LogP contribution in [0.3, 0.4) is 0 Å². The number of anilines is 2. The average molecular weight is 438 g/mol. The summed E-state index contributed by atoms with van der Waals surface area (Å²) in [5, 5.41) is 6.99. The second-order valence-corrected chi connectivity index (χ2v) is 6.44. The summed E-state index contributed by atoms with van der Waals surface area (Å²) in [6, 6.07) is 10.6. The van der Waals surface area contributed by atoms with Crippen LogP contribution in [0.15, 0.2) is 47.6 Å². The minimum Gasteiger partial charge on any atom is -0.497 e. The largest absolute Gasteiger partial charge is 0.573 e. The van der Waals surface area contributed by atoms with Crippen LogP contribution in [0.1, 0.15) is 12.5 Å². The second kappa shape index (κ2) is 8.57. The maximum absolute atomic E-state index is 12.7. The number of hydrogen-bond acceptors (Lipinski definition) is 5. The normalized spacial score (nSPS) is 14.5. The fourth-order valence-electron chi connectivity index (χ4n) is 2.88. The maximum atomic E-state index is 12.7. The Labute approximate surface area is 175 Å². The van der Waals surface area contributed by atoms with Gasteiger partial charge in [-0.15, -0.1) is 13.2 Å². The van der Waals surface area contributed by atoms with E-state index in [1.165, 1.54) is 18.1 Å². The van der Waals surface area contributed by atoms with Gasteiger partial charge in [0.1, 0.15) is 11.5 Å². The first kappa shape index (κ1) is 21.4. The Morgan fingerprint density at radius 1 is 1.20 bits per heavy atom. The van der Waals surface area contributed by atoms with Crippen molar-refractivity contribution in [2.45, 2.75) is 13.3 Å². The molecule has 0 spiro atoms. The van der Waals surface area contributed by atoms with Crippen LogP contribution in [0.4, 0.5) is 24.5 Å². The number of hydrazone groups is 1. The molecular weight excluding hydrogens is 421 g/mol. The summed E-state index contributed by atoms with van der Waals surface area (Å²) in [4.78, 5) is 14.1. The van der Waals surface area contributed by atoms with E-state index in [-0.39, 0.29) is 16.4 Å². The molecule has 1 aliphatic rings. The summed E-state index contributed by atoms with van der Waals surface area (Å²) < 4.78 is 46.7. The van der Waals surface area contributed by atoms with Crippen LogP contribution in [0, 0.1) is 0 Å². The Bertz CT molecular complexity index is 1010. The van der Waals surface area contributed by atoms with Crippen molar-refractivity contribution in [1.29, 1.82) is 0 Å². The molecule has 30 heavy (non-hydrogen) atoms. The maximum Gasteiger partial charge on any atom is 0.573 e. The zero-order valence-corrected chi connectivity index (χ0v) is 16.7. The number of benzene rings is 2. The lowest BCUT2D eigenvalue weighted by Crippen LogP contribution is -2.32. The van der Waals surface area contributed by atoms with Gasteiger partial charge in [-0.25, -0.2) is 0 Å². The van der Waals surface area contributed by atoms with Gasteiger partial charge in [-0.2, -0.15) is 5.10 Å². The van der Waals surface area contributed by atoms with Crippen LogP contribution in [0.5, 0.6) is 11.5 Å². The number of ether oxygens (including phenoxy) is 2. The Morgan fingerprint density at radius 3 is 2.63 bits per heavy atom.